The molecule has 1 heterocycles. The summed E-state index contributed by atoms with van der Waals surface area (Å²) in [6, 6.07) is 6.27. The van der Waals surface area contributed by atoms with E-state index in [1.165, 1.54) is 12.1 Å². The van der Waals surface area contributed by atoms with Gasteiger partial charge in [0.2, 0.25) is 0 Å². The predicted molar refractivity (Wildman–Crippen MR) is 84.1 cm³/mol. The maximum atomic E-state index is 12.0. The van der Waals surface area contributed by atoms with E-state index in [0.717, 1.165) is 17.0 Å². The fourth-order valence-corrected chi connectivity index (χ4v) is 2.43. The van der Waals surface area contributed by atoms with Crippen molar-refractivity contribution in [2.45, 2.75) is 13.0 Å². The van der Waals surface area contributed by atoms with Gasteiger partial charge in [-0.1, -0.05) is 12.1 Å². The Morgan fingerprint density at radius 2 is 2.05 bits per heavy atom. The molecule has 2 N–H and O–H groups in total. The predicted octanol–water partition coefficient (Wildman–Crippen LogP) is 2.23. The number of carbonyl (C=O) groups is 2. The molecule has 0 bridgehead atoms. The van der Waals surface area contributed by atoms with Gasteiger partial charge in [-0.25, -0.2) is 14.6 Å². The minimum atomic E-state index is -0.961. The number of urea groups is 1. The van der Waals surface area contributed by atoms with Gasteiger partial charge in [0.05, 0.1) is 10.6 Å². The van der Waals surface area contributed by atoms with E-state index in [4.69, 9.17) is 5.11 Å². The van der Waals surface area contributed by atoms with Crippen LogP contribution in [0.25, 0.3) is 0 Å². The minimum absolute atomic E-state index is 0.168. The first-order valence-electron chi connectivity index (χ1n) is 6.76. The molecule has 0 saturated heterocycles. The third kappa shape index (κ3) is 4.56. The summed E-state index contributed by atoms with van der Waals surface area (Å²) in [6.07, 6.45) is 2.48. The van der Waals surface area contributed by atoms with E-state index in [9.17, 15) is 9.59 Å². The highest BCUT2D eigenvalue weighted by Gasteiger charge is 2.09. The highest BCUT2D eigenvalue weighted by Crippen LogP contribution is 2.06. The van der Waals surface area contributed by atoms with Gasteiger partial charge < -0.3 is 15.3 Å². The molecule has 0 unspecified atom stereocenters. The summed E-state index contributed by atoms with van der Waals surface area (Å²) in [5.74, 6) is -0.961. The highest BCUT2D eigenvalue weighted by molar-refractivity contribution is 7.09. The van der Waals surface area contributed by atoms with Crippen LogP contribution in [-0.2, 0) is 13.0 Å². The summed E-state index contributed by atoms with van der Waals surface area (Å²) in [5.41, 5.74) is 1.09. The van der Waals surface area contributed by atoms with Crippen molar-refractivity contribution < 1.29 is 14.7 Å². The van der Waals surface area contributed by atoms with Gasteiger partial charge in [0, 0.05) is 38.1 Å². The third-order valence-electron chi connectivity index (χ3n) is 3.14. The Balaban J connectivity index is 1.77. The minimum Gasteiger partial charge on any atom is -0.478 e. The first kappa shape index (κ1) is 16.0. The van der Waals surface area contributed by atoms with Gasteiger partial charge >= 0.3 is 12.0 Å². The topological polar surface area (TPSA) is 82.5 Å². The van der Waals surface area contributed by atoms with Crippen LogP contribution in [0.5, 0.6) is 0 Å². The summed E-state index contributed by atoms with van der Waals surface area (Å²) in [6.45, 7) is 0.956. The molecule has 1 aromatic carbocycles. The number of aromatic nitrogens is 1. The zero-order valence-electron chi connectivity index (χ0n) is 12.2. The number of carboxylic acid groups (broad SMARTS) is 1. The molecule has 0 radical (unpaired) electrons. The molecule has 1 aromatic heterocycles. The number of nitrogens with one attached hydrogen (secondary N) is 1. The number of hydrogen-bond donors (Lipinski definition) is 2. The molecule has 0 atom stereocenters. The summed E-state index contributed by atoms with van der Waals surface area (Å²) in [4.78, 5) is 28.5. The molecular formula is C15H17N3O3S. The number of carboxylic acids is 1. The van der Waals surface area contributed by atoms with Crippen molar-refractivity contribution >= 4 is 23.3 Å². The molecule has 6 nitrogen and oxygen atoms in total. The number of carbonyl (C=O) groups excluding carboxylic acids is 1. The lowest BCUT2D eigenvalue weighted by Gasteiger charge is -2.17. The number of aromatic carboxylic acids is 1. The van der Waals surface area contributed by atoms with Crippen LogP contribution in [0.4, 0.5) is 4.79 Å². The van der Waals surface area contributed by atoms with Crippen molar-refractivity contribution in [2.24, 2.45) is 0 Å². The van der Waals surface area contributed by atoms with Gasteiger partial charge in [-0.3, -0.25) is 0 Å². The number of rotatable bonds is 6. The van der Waals surface area contributed by atoms with Gasteiger partial charge in [-0.05, 0) is 17.7 Å². The van der Waals surface area contributed by atoms with Crippen LogP contribution in [0.15, 0.2) is 35.8 Å². The van der Waals surface area contributed by atoms with Gasteiger partial charge in [0.25, 0.3) is 0 Å². The Morgan fingerprint density at radius 1 is 1.32 bits per heavy atom. The van der Waals surface area contributed by atoms with Crippen molar-refractivity contribution in [3.63, 3.8) is 0 Å². The molecule has 116 valence electrons. The summed E-state index contributed by atoms with van der Waals surface area (Å²) in [7, 11) is 1.73. The van der Waals surface area contributed by atoms with E-state index < -0.39 is 5.97 Å². The second kappa shape index (κ2) is 7.56. The maximum Gasteiger partial charge on any atom is 0.335 e. The number of nitrogens with zero attached hydrogens (tertiary/aromatic N) is 2. The molecule has 2 aromatic rings. The lowest BCUT2D eigenvalue weighted by atomic mass is 10.1. The fraction of sp³-hybridized carbons (Fsp3) is 0.267. The molecular weight excluding hydrogens is 302 g/mol. The number of likely N-dealkylation sites (N-methyl/N-ethyl adjacent to an activating group) is 1. The van der Waals surface area contributed by atoms with Crippen molar-refractivity contribution in [1.29, 1.82) is 0 Å². The molecule has 0 fully saturated rings. The molecule has 0 saturated carbocycles. The van der Waals surface area contributed by atoms with E-state index in [2.05, 4.69) is 10.3 Å². The Hall–Kier alpha value is -2.41. The molecule has 0 aliphatic carbocycles. The van der Waals surface area contributed by atoms with Crippen LogP contribution >= 0.6 is 11.3 Å². The van der Waals surface area contributed by atoms with Crippen molar-refractivity contribution in [3.8, 4) is 0 Å². The van der Waals surface area contributed by atoms with Crippen molar-refractivity contribution in [1.82, 2.24) is 15.2 Å². The average Bonchev–Trinajstić information content (AvgIpc) is 3.04. The number of amides is 2. The molecule has 2 amide bonds. The van der Waals surface area contributed by atoms with Crippen LogP contribution in [0.2, 0.25) is 0 Å². The summed E-state index contributed by atoms with van der Waals surface area (Å²) >= 11 is 1.57. The molecule has 0 spiro atoms. The first-order chi connectivity index (χ1) is 10.6. The van der Waals surface area contributed by atoms with E-state index in [1.807, 2.05) is 5.38 Å². The normalized spacial score (nSPS) is 10.2. The van der Waals surface area contributed by atoms with E-state index >= 15 is 0 Å². The third-order valence-corrected chi connectivity index (χ3v) is 3.98. The molecule has 2 rings (SSSR count). The van der Waals surface area contributed by atoms with Crippen molar-refractivity contribution in [3.05, 3.63) is 52.0 Å². The van der Waals surface area contributed by atoms with E-state index in [-0.39, 0.29) is 11.6 Å². The number of hydrogen-bond acceptors (Lipinski definition) is 4. The molecule has 0 aliphatic rings. The lowest BCUT2D eigenvalue weighted by Crippen LogP contribution is -2.37. The van der Waals surface area contributed by atoms with Crippen LogP contribution in [0.3, 0.4) is 0 Å². The first-order valence-corrected chi connectivity index (χ1v) is 7.64. The monoisotopic (exact) mass is 319 g/mol. The summed E-state index contributed by atoms with van der Waals surface area (Å²) in [5, 5.41) is 14.5. The standard InChI is InChI=1S/C15H17N3O3S/c1-18(8-6-13-16-7-9-22-13)15(21)17-10-11-2-4-12(5-3-11)14(19)20/h2-5,7,9H,6,8,10H2,1H3,(H,17,21)(H,19,20). The second-order valence-corrected chi connectivity index (χ2v) is 5.74. The van der Waals surface area contributed by atoms with Gasteiger partial charge in [-0.15, -0.1) is 11.3 Å². The molecule has 0 aliphatic heterocycles. The fourth-order valence-electron chi connectivity index (χ4n) is 1.82. The van der Waals surface area contributed by atoms with Crippen LogP contribution in [0.1, 0.15) is 20.9 Å². The quantitative estimate of drug-likeness (QED) is 0.855. The SMILES string of the molecule is CN(CCc1nccs1)C(=O)NCc1ccc(C(=O)O)cc1. The Kier molecular flexibility index (Phi) is 5.48. The van der Waals surface area contributed by atoms with Crippen molar-refractivity contribution in [2.75, 3.05) is 13.6 Å². The largest absolute Gasteiger partial charge is 0.478 e. The van der Waals surface area contributed by atoms with Gasteiger partial charge in [-0.2, -0.15) is 0 Å². The second-order valence-electron chi connectivity index (χ2n) is 4.76. The van der Waals surface area contributed by atoms with Crippen LogP contribution < -0.4 is 5.32 Å². The molecule has 22 heavy (non-hydrogen) atoms. The van der Waals surface area contributed by atoms with Gasteiger partial charge in [0.1, 0.15) is 0 Å². The zero-order valence-corrected chi connectivity index (χ0v) is 13.0. The van der Waals surface area contributed by atoms with E-state index in [0.29, 0.717) is 13.1 Å². The zero-order chi connectivity index (χ0) is 15.9. The number of thiazole rings is 1. The summed E-state index contributed by atoms with van der Waals surface area (Å²) < 4.78 is 0. The van der Waals surface area contributed by atoms with Crippen LogP contribution in [-0.4, -0.2) is 40.6 Å². The Bertz CT molecular complexity index is 626. The maximum absolute atomic E-state index is 12.0. The highest BCUT2D eigenvalue weighted by atomic mass is 32.1. The lowest BCUT2D eigenvalue weighted by molar-refractivity contribution is 0.0697. The average molecular weight is 319 g/mol. The Morgan fingerprint density at radius 3 is 2.64 bits per heavy atom. The van der Waals surface area contributed by atoms with Crippen LogP contribution in [0, 0.1) is 0 Å². The smallest absolute Gasteiger partial charge is 0.335 e. The van der Waals surface area contributed by atoms with Gasteiger partial charge in [0.15, 0.2) is 0 Å². The number of benzene rings is 1. The Labute approximate surface area is 132 Å². The molecule has 7 heteroatoms. The van der Waals surface area contributed by atoms with E-state index in [1.54, 1.807) is 41.6 Å².